The molecule has 1 fully saturated rings. The Morgan fingerprint density at radius 2 is 2.04 bits per heavy atom. The van der Waals surface area contributed by atoms with Crippen molar-refractivity contribution >= 4 is 16.9 Å². The highest BCUT2D eigenvalue weighted by atomic mass is 16.5. The Balaban J connectivity index is 1.64. The Morgan fingerprint density at radius 3 is 2.79 bits per heavy atom. The van der Waals surface area contributed by atoms with Crippen LogP contribution in [-0.2, 0) is 0 Å². The van der Waals surface area contributed by atoms with Crippen LogP contribution in [0.25, 0.3) is 22.6 Å². The third-order valence-corrected chi connectivity index (χ3v) is 4.67. The average molecular weight is 325 g/mol. The monoisotopic (exact) mass is 325 g/mol. The van der Waals surface area contributed by atoms with E-state index in [1.807, 2.05) is 32.0 Å². The van der Waals surface area contributed by atoms with Crippen molar-refractivity contribution in [2.45, 2.75) is 45.6 Å². The molecule has 24 heavy (non-hydrogen) atoms. The SMILES string of the molecule is Cc1c(-c2noc(C(=O)NC3CCCC3)n2)oc2c(C)cccc12. The molecular formula is C18H19N3O3. The molecule has 1 N–H and O–H groups in total. The van der Waals surface area contributed by atoms with Gasteiger partial charge in [-0.15, -0.1) is 0 Å². The van der Waals surface area contributed by atoms with Crippen molar-refractivity contribution in [3.05, 3.63) is 35.2 Å². The molecule has 3 aromatic rings. The van der Waals surface area contributed by atoms with Crippen molar-refractivity contribution in [2.24, 2.45) is 0 Å². The van der Waals surface area contributed by atoms with Crippen LogP contribution in [-0.4, -0.2) is 22.1 Å². The van der Waals surface area contributed by atoms with E-state index in [9.17, 15) is 4.79 Å². The van der Waals surface area contributed by atoms with Crippen LogP contribution in [0.4, 0.5) is 0 Å². The smallest absolute Gasteiger partial charge is 0.316 e. The predicted molar refractivity (Wildman–Crippen MR) is 88.7 cm³/mol. The summed E-state index contributed by atoms with van der Waals surface area (Å²) in [5.74, 6) is 0.515. The Morgan fingerprint density at radius 1 is 1.25 bits per heavy atom. The lowest BCUT2D eigenvalue weighted by molar-refractivity contribution is 0.0893. The van der Waals surface area contributed by atoms with E-state index >= 15 is 0 Å². The first-order valence-corrected chi connectivity index (χ1v) is 8.27. The highest BCUT2D eigenvalue weighted by Gasteiger charge is 2.24. The van der Waals surface area contributed by atoms with Crippen LogP contribution in [0.5, 0.6) is 0 Å². The maximum atomic E-state index is 12.2. The highest BCUT2D eigenvalue weighted by Crippen LogP contribution is 2.33. The zero-order valence-corrected chi connectivity index (χ0v) is 13.8. The third kappa shape index (κ3) is 2.48. The van der Waals surface area contributed by atoms with Crippen LogP contribution in [0.3, 0.4) is 0 Å². The molecule has 1 aliphatic carbocycles. The predicted octanol–water partition coefficient (Wildman–Crippen LogP) is 3.77. The van der Waals surface area contributed by atoms with Gasteiger partial charge in [0.05, 0.1) is 0 Å². The van der Waals surface area contributed by atoms with E-state index in [1.54, 1.807) is 0 Å². The molecule has 1 saturated carbocycles. The minimum atomic E-state index is -0.314. The van der Waals surface area contributed by atoms with Crippen molar-refractivity contribution in [3.63, 3.8) is 0 Å². The number of nitrogens with zero attached hydrogens (tertiary/aromatic N) is 2. The lowest BCUT2D eigenvalue weighted by Crippen LogP contribution is -2.32. The average Bonchev–Trinajstić information content (AvgIpc) is 3.28. The number of hydrogen-bond acceptors (Lipinski definition) is 5. The number of furan rings is 1. The Bertz CT molecular complexity index is 904. The summed E-state index contributed by atoms with van der Waals surface area (Å²) in [6.07, 6.45) is 4.32. The van der Waals surface area contributed by atoms with Gasteiger partial charge in [0.15, 0.2) is 5.76 Å². The first kappa shape index (κ1) is 14.9. The summed E-state index contributed by atoms with van der Waals surface area (Å²) in [7, 11) is 0. The van der Waals surface area contributed by atoms with Gasteiger partial charge in [-0.2, -0.15) is 4.98 Å². The molecule has 0 radical (unpaired) electrons. The second kappa shape index (κ2) is 5.78. The van der Waals surface area contributed by atoms with Crippen molar-refractivity contribution in [2.75, 3.05) is 0 Å². The summed E-state index contributed by atoms with van der Waals surface area (Å²) in [6.45, 7) is 3.95. The van der Waals surface area contributed by atoms with Crippen LogP contribution < -0.4 is 5.32 Å². The second-order valence-corrected chi connectivity index (χ2v) is 6.39. The zero-order chi connectivity index (χ0) is 16.7. The molecule has 0 bridgehead atoms. The molecule has 1 amide bonds. The number of benzene rings is 1. The van der Waals surface area contributed by atoms with Gasteiger partial charge in [-0.25, -0.2) is 0 Å². The summed E-state index contributed by atoms with van der Waals surface area (Å²) in [4.78, 5) is 16.4. The summed E-state index contributed by atoms with van der Waals surface area (Å²) < 4.78 is 11.1. The molecule has 0 atom stereocenters. The van der Waals surface area contributed by atoms with Crippen LogP contribution in [0, 0.1) is 13.8 Å². The number of carbonyl (C=O) groups excluding carboxylic acids is 1. The van der Waals surface area contributed by atoms with Gasteiger partial charge < -0.3 is 14.3 Å². The lowest BCUT2D eigenvalue weighted by atomic mass is 10.1. The third-order valence-electron chi connectivity index (χ3n) is 4.67. The number of para-hydroxylation sites is 1. The molecule has 0 saturated heterocycles. The van der Waals surface area contributed by atoms with E-state index < -0.39 is 0 Å². The lowest BCUT2D eigenvalue weighted by Gasteiger charge is -2.08. The molecule has 6 heteroatoms. The molecule has 0 unspecified atom stereocenters. The number of hydrogen-bond donors (Lipinski definition) is 1. The van der Waals surface area contributed by atoms with Crippen LogP contribution in [0.1, 0.15) is 47.5 Å². The Labute approximate surface area is 139 Å². The van der Waals surface area contributed by atoms with E-state index in [1.165, 1.54) is 0 Å². The number of aryl methyl sites for hydroxylation is 2. The number of fused-ring (bicyclic) bond motifs is 1. The molecule has 2 heterocycles. The van der Waals surface area contributed by atoms with Crippen molar-refractivity contribution < 1.29 is 13.7 Å². The summed E-state index contributed by atoms with van der Waals surface area (Å²) >= 11 is 0. The molecule has 124 valence electrons. The van der Waals surface area contributed by atoms with Crippen molar-refractivity contribution in [3.8, 4) is 11.6 Å². The molecule has 0 aliphatic heterocycles. The van der Waals surface area contributed by atoms with E-state index in [0.29, 0.717) is 11.6 Å². The minimum Gasteiger partial charge on any atom is -0.452 e. The standard InChI is InChI=1S/C18H19N3O3/c1-10-6-5-9-13-11(2)15(23-14(10)13)16-20-18(24-21-16)17(22)19-12-7-3-4-8-12/h5-6,9,12H,3-4,7-8H2,1-2H3,(H,19,22). The number of nitrogens with one attached hydrogen (secondary N) is 1. The zero-order valence-electron chi connectivity index (χ0n) is 13.8. The van der Waals surface area contributed by atoms with E-state index in [2.05, 4.69) is 15.5 Å². The number of amides is 1. The van der Waals surface area contributed by atoms with Gasteiger partial charge in [-0.05, 0) is 32.3 Å². The Kier molecular flexibility index (Phi) is 3.59. The summed E-state index contributed by atoms with van der Waals surface area (Å²) in [5, 5.41) is 7.89. The fraction of sp³-hybridized carbons (Fsp3) is 0.389. The highest BCUT2D eigenvalue weighted by molar-refractivity contribution is 5.91. The quantitative estimate of drug-likeness (QED) is 0.792. The van der Waals surface area contributed by atoms with Gasteiger partial charge in [0.2, 0.25) is 5.82 Å². The normalized spacial score (nSPS) is 15.2. The topological polar surface area (TPSA) is 81.2 Å². The first-order valence-electron chi connectivity index (χ1n) is 8.27. The maximum absolute atomic E-state index is 12.2. The summed E-state index contributed by atoms with van der Waals surface area (Å²) in [5.41, 5.74) is 2.80. The van der Waals surface area contributed by atoms with E-state index in [-0.39, 0.29) is 17.8 Å². The van der Waals surface area contributed by atoms with Crippen LogP contribution in [0.2, 0.25) is 0 Å². The molecule has 2 aromatic heterocycles. The van der Waals surface area contributed by atoms with Gasteiger partial charge >= 0.3 is 11.8 Å². The maximum Gasteiger partial charge on any atom is 0.316 e. The largest absolute Gasteiger partial charge is 0.452 e. The van der Waals surface area contributed by atoms with Crippen LogP contribution >= 0.6 is 0 Å². The van der Waals surface area contributed by atoms with Crippen molar-refractivity contribution in [1.82, 2.24) is 15.5 Å². The fourth-order valence-corrected chi connectivity index (χ4v) is 3.32. The van der Waals surface area contributed by atoms with Gasteiger partial charge in [0.1, 0.15) is 5.58 Å². The van der Waals surface area contributed by atoms with Gasteiger partial charge in [-0.1, -0.05) is 36.2 Å². The Hall–Kier alpha value is -2.63. The summed E-state index contributed by atoms with van der Waals surface area (Å²) in [6, 6.07) is 6.19. The molecule has 6 nitrogen and oxygen atoms in total. The molecule has 4 rings (SSSR count). The second-order valence-electron chi connectivity index (χ2n) is 6.39. The van der Waals surface area contributed by atoms with Crippen LogP contribution in [0.15, 0.2) is 27.1 Å². The molecule has 1 aromatic carbocycles. The first-order chi connectivity index (χ1) is 11.6. The van der Waals surface area contributed by atoms with Crippen molar-refractivity contribution in [1.29, 1.82) is 0 Å². The van der Waals surface area contributed by atoms with E-state index in [4.69, 9.17) is 8.94 Å². The number of rotatable bonds is 3. The minimum absolute atomic E-state index is 0.0199. The van der Waals surface area contributed by atoms with Gasteiger partial charge in [-0.3, -0.25) is 4.79 Å². The number of aromatic nitrogens is 2. The molecule has 0 spiro atoms. The van der Waals surface area contributed by atoms with Gasteiger partial charge in [0.25, 0.3) is 0 Å². The van der Waals surface area contributed by atoms with Gasteiger partial charge in [0, 0.05) is 17.0 Å². The fourth-order valence-electron chi connectivity index (χ4n) is 3.32. The molecule has 1 aliphatic rings. The van der Waals surface area contributed by atoms with E-state index in [0.717, 1.165) is 47.8 Å². The molecular weight excluding hydrogens is 306 g/mol. The number of carbonyl (C=O) groups is 1.